The van der Waals surface area contributed by atoms with Crippen LogP contribution in [0.25, 0.3) is 0 Å². The third-order valence-electron chi connectivity index (χ3n) is 4.92. The second-order valence-corrected chi connectivity index (χ2v) is 8.43. The van der Waals surface area contributed by atoms with Crippen LogP contribution in [0.2, 0.25) is 5.02 Å². The number of fused-ring (bicyclic) bond motifs is 1. The Balaban J connectivity index is 1.97. The lowest BCUT2D eigenvalue weighted by Crippen LogP contribution is -2.39. The highest BCUT2D eigenvalue weighted by molar-refractivity contribution is 7.89. The molecule has 116 valence electrons. The van der Waals surface area contributed by atoms with E-state index in [2.05, 4.69) is 0 Å². The van der Waals surface area contributed by atoms with E-state index in [4.69, 9.17) is 17.3 Å². The standard InChI is InChI=1S/C15H21ClN2O2S/c1-10-13(16)8-12(9-14(10)17)21(19,20)18-7-6-11-4-2-3-5-15(11)18/h8-9,11,15H,2-7,17H2,1H3. The number of hydrogen-bond acceptors (Lipinski definition) is 3. The number of hydrogen-bond donors (Lipinski definition) is 1. The molecule has 2 N–H and O–H groups in total. The van der Waals surface area contributed by atoms with Crippen LogP contribution in [-0.4, -0.2) is 25.3 Å². The molecule has 1 aromatic rings. The predicted octanol–water partition coefficient (Wildman–Crippen LogP) is 3.18. The molecule has 6 heteroatoms. The number of anilines is 1. The Morgan fingerprint density at radius 1 is 1.24 bits per heavy atom. The van der Waals surface area contributed by atoms with Gasteiger partial charge in [0.2, 0.25) is 10.0 Å². The van der Waals surface area contributed by atoms with Gasteiger partial charge in [0.25, 0.3) is 0 Å². The molecule has 0 amide bonds. The van der Waals surface area contributed by atoms with Gasteiger partial charge in [-0.05, 0) is 49.8 Å². The van der Waals surface area contributed by atoms with Gasteiger partial charge in [0, 0.05) is 23.3 Å². The Bertz CT molecular complexity index is 637. The molecule has 0 bridgehead atoms. The van der Waals surface area contributed by atoms with E-state index in [0.717, 1.165) is 31.2 Å². The molecular weight excluding hydrogens is 308 g/mol. The van der Waals surface area contributed by atoms with Gasteiger partial charge in [0.1, 0.15) is 0 Å². The molecule has 1 aliphatic heterocycles. The lowest BCUT2D eigenvalue weighted by atomic mass is 9.86. The van der Waals surface area contributed by atoms with Crippen molar-refractivity contribution in [1.82, 2.24) is 4.31 Å². The fourth-order valence-corrected chi connectivity index (χ4v) is 5.70. The van der Waals surface area contributed by atoms with E-state index in [9.17, 15) is 8.42 Å². The van der Waals surface area contributed by atoms with Crippen molar-refractivity contribution in [3.63, 3.8) is 0 Å². The van der Waals surface area contributed by atoms with E-state index in [0.29, 0.717) is 23.2 Å². The van der Waals surface area contributed by atoms with E-state index in [-0.39, 0.29) is 10.9 Å². The van der Waals surface area contributed by atoms with Gasteiger partial charge in [0.15, 0.2) is 0 Å². The average molecular weight is 329 g/mol. The minimum atomic E-state index is -3.50. The van der Waals surface area contributed by atoms with Gasteiger partial charge in [0.05, 0.1) is 4.90 Å². The number of halogens is 1. The van der Waals surface area contributed by atoms with E-state index in [1.165, 1.54) is 18.6 Å². The summed E-state index contributed by atoms with van der Waals surface area (Å²) in [6.45, 7) is 2.41. The quantitative estimate of drug-likeness (QED) is 0.848. The summed E-state index contributed by atoms with van der Waals surface area (Å²) in [6, 6.07) is 3.22. The molecule has 1 heterocycles. The number of benzene rings is 1. The topological polar surface area (TPSA) is 63.4 Å². The van der Waals surface area contributed by atoms with Crippen molar-refractivity contribution in [2.75, 3.05) is 12.3 Å². The zero-order chi connectivity index (χ0) is 15.2. The summed E-state index contributed by atoms with van der Waals surface area (Å²) < 4.78 is 27.5. The van der Waals surface area contributed by atoms with Gasteiger partial charge < -0.3 is 5.73 Å². The maximum atomic E-state index is 12.9. The smallest absolute Gasteiger partial charge is 0.243 e. The highest BCUT2D eigenvalue weighted by Crippen LogP contribution is 2.39. The van der Waals surface area contributed by atoms with Crippen molar-refractivity contribution >= 4 is 27.3 Å². The summed E-state index contributed by atoms with van der Waals surface area (Å²) in [7, 11) is -3.50. The molecule has 0 spiro atoms. The molecule has 21 heavy (non-hydrogen) atoms. The minimum Gasteiger partial charge on any atom is -0.398 e. The molecule has 2 unspecified atom stereocenters. The second kappa shape index (κ2) is 5.45. The molecule has 0 radical (unpaired) electrons. The van der Waals surface area contributed by atoms with Crippen LogP contribution in [0.4, 0.5) is 5.69 Å². The molecule has 1 saturated heterocycles. The highest BCUT2D eigenvalue weighted by Gasteiger charge is 2.42. The first-order valence-electron chi connectivity index (χ1n) is 7.48. The summed E-state index contributed by atoms with van der Waals surface area (Å²) in [5, 5.41) is 0.410. The van der Waals surface area contributed by atoms with Gasteiger partial charge in [-0.1, -0.05) is 24.4 Å². The Morgan fingerprint density at radius 3 is 2.67 bits per heavy atom. The van der Waals surface area contributed by atoms with Crippen molar-refractivity contribution in [3.8, 4) is 0 Å². The molecule has 2 fully saturated rings. The van der Waals surface area contributed by atoms with Crippen molar-refractivity contribution in [2.24, 2.45) is 5.92 Å². The Labute approximate surface area is 131 Å². The van der Waals surface area contributed by atoms with Crippen LogP contribution in [0.5, 0.6) is 0 Å². The van der Waals surface area contributed by atoms with Crippen LogP contribution in [0, 0.1) is 12.8 Å². The summed E-state index contributed by atoms with van der Waals surface area (Å²) >= 11 is 6.11. The molecule has 2 aliphatic rings. The fourth-order valence-electron chi connectivity index (χ4n) is 3.62. The summed E-state index contributed by atoms with van der Waals surface area (Å²) in [5.41, 5.74) is 7.04. The second-order valence-electron chi connectivity index (χ2n) is 6.14. The predicted molar refractivity (Wildman–Crippen MR) is 84.9 cm³/mol. The highest BCUT2D eigenvalue weighted by atomic mass is 35.5. The van der Waals surface area contributed by atoms with Crippen LogP contribution < -0.4 is 5.73 Å². The molecule has 0 aromatic heterocycles. The third-order valence-corrected chi connectivity index (χ3v) is 7.22. The molecule has 3 rings (SSSR count). The summed E-state index contributed by atoms with van der Waals surface area (Å²) in [4.78, 5) is 0.224. The molecular formula is C15H21ClN2O2S. The SMILES string of the molecule is Cc1c(N)cc(S(=O)(=O)N2CCC3CCCCC32)cc1Cl. The molecule has 1 aromatic carbocycles. The van der Waals surface area contributed by atoms with Crippen LogP contribution in [0.3, 0.4) is 0 Å². The van der Waals surface area contributed by atoms with Crippen LogP contribution in [0.1, 0.15) is 37.7 Å². The number of nitrogen functional groups attached to an aromatic ring is 1. The minimum absolute atomic E-state index is 0.157. The largest absolute Gasteiger partial charge is 0.398 e. The molecule has 1 saturated carbocycles. The Kier molecular flexibility index (Phi) is 3.93. The maximum absolute atomic E-state index is 12.9. The first-order chi connectivity index (χ1) is 9.91. The van der Waals surface area contributed by atoms with Crippen molar-refractivity contribution in [3.05, 3.63) is 22.7 Å². The van der Waals surface area contributed by atoms with Gasteiger partial charge in [-0.2, -0.15) is 4.31 Å². The van der Waals surface area contributed by atoms with Crippen LogP contribution in [0.15, 0.2) is 17.0 Å². The van der Waals surface area contributed by atoms with Gasteiger partial charge in [-0.15, -0.1) is 0 Å². The summed E-state index contributed by atoms with van der Waals surface area (Å²) in [6.07, 6.45) is 5.42. The normalized spacial score (nSPS) is 26.8. The number of nitrogens with zero attached hydrogens (tertiary/aromatic N) is 1. The van der Waals surface area contributed by atoms with Crippen molar-refractivity contribution in [2.45, 2.75) is 50.0 Å². The molecule has 1 aliphatic carbocycles. The Morgan fingerprint density at radius 2 is 1.95 bits per heavy atom. The summed E-state index contributed by atoms with van der Waals surface area (Å²) in [5.74, 6) is 0.520. The monoisotopic (exact) mass is 328 g/mol. The van der Waals surface area contributed by atoms with Crippen molar-refractivity contribution < 1.29 is 8.42 Å². The fraction of sp³-hybridized carbons (Fsp3) is 0.600. The maximum Gasteiger partial charge on any atom is 0.243 e. The van der Waals surface area contributed by atoms with Gasteiger partial charge in [-0.3, -0.25) is 0 Å². The number of nitrogens with two attached hydrogens (primary N) is 1. The van der Waals surface area contributed by atoms with Gasteiger partial charge in [-0.25, -0.2) is 8.42 Å². The van der Waals surface area contributed by atoms with E-state index in [1.54, 1.807) is 11.2 Å². The zero-order valence-corrected chi connectivity index (χ0v) is 13.8. The van der Waals surface area contributed by atoms with Crippen molar-refractivity contribution in [1.29, 1.82) is 0 Å². The average Bonchev–Trinajstić information content (AvgIpc) is 2.88. The van der Waals surface area contributed by atoms with E-state index in [1.807, 2.05) is 0 Å². The van der Waals surface area contributed by atoms with E-state index < -0.39 is 10.0 Å². The third kappa shape index (κ3) is 2.56. The van der Waals surface area contributed by atoms with Crippen LogP contribution in [-0.2, 0) is 10.0 Å². The lowest BCUT2D eigenvalue weighted by Gasteiger charge is -2.31. The number of rotatable bonds is 2. The Hall–Kier alpha value is -0.780. The first kappa shape index (κ1) is 15.1. The van der Waals surface area contributed by atoms with Gasteiger partial charge >= 0.3 is 0 Å². The zero-order valence-electron chi connectivity index (χ0n) is 12.2. The van der Waals surface area contributed by atoms with Crippen LogP contribution >= 0.6 is 11.6 Å². The first-order valence-corrected chi connectivity index (χ1v) is 9.30. The van der Waals surface area contributed by atoms with E-state index >= 15 is 0 Å². The number of sulfonamides is 1. The molecule has 2 atom stereocenters. The lowest BCUT2D eigenvalue weighted by molar-refractivity contribution is 0.260. The molecule has 4 nitrogen and oxygen atoms in total.